The molecule has 0 bridgehead atoms. The van der Waals surface area contributed by atoms with E-state index in [1.165, 1.54) is 25.8 Å². The normalized spacial score (nSPS) is 21.6. The van der Waals surface area contributed by atoms with E-state index in [1.54, 1.807) is 0 Å². The number of fused-ring (bicyclic) bond motifs is 1. The lowest BCUT2D eigenvalue weighted by molar-refractivity contribution is 0.184. The number of likely N-dealkylation sites (tertiary alicyclic amines) is 1. The molecule has 0 saturated carbocycles. The van der Waals surface area contributed by atoms with E-state index in [-0.39, 0.29) is 0 Å². The molecule has 18 heavy (non-hydrogen) atoms. The van der Waals surface area contributed by atoms with Crippen LogP contribution in [-0.4, -0.2) is 33.9 Å². The van der Waals surface area contributed by atoms with Gasteiger partial charge in [-0.25, -0.2) is 4.98 Å². The highest BCUT2D eigenvalue weighted by Gasteiger charge is 2.20. The molecule has 0 radical (unpaired) electrons. The van der Waals surface area contributed by atoms with Gasteiger partial charge in [0.05, 0.1) is 5.69 Å². The number of aromatic nitrogens is 2. The molecule has 96 valence electrons. The van der Waals surface area contributed by atoms with E-state index in [0.29, 0.717) is 6.04 Å². The number of hydrogen-bond donors (Lipinski definition) is 0. The summed E-state index contributed by atoms with van der Waals surface area (Å²) in [6, 6.07) is 6.47. The van der Waals surface area contributed by atoms with Gasteiger partial charge in [0.15, 0.2) is 0 Å². The number of imidazole rings is 1. The van der Waals surface area contributed by atoms with Gasteiger partial charge in [-0.3, -0.25) is 4.40 Å². The van der Waals surface area contributed by atoms with Crippen molar-refractivity contribution in [2.45, 2.75) is 31.7 Å². The highest BCUT2D eigenvalue weighted by Crippen LogP contribution is 2.20. The summed E-state index contributed by atoms with van der Waals surface area (Å²) in [7, 11) is 2.21. The lowest BCUT2D eigenvalue weighted by atomic mass is 9.99. The summed E-state index contributed by atoms with van der Waals surface area (Å²) >= 11 is 6.15. The maximum absolute atomic E-state index is 6.15. The molecule has 3 rings (SSSR count). The first-order chi connectivity index (χ1) is 8.74. The third kappa shape index (κ3) is 2.25. The zero-order valence-corrected chi connectivity index (χ0v) is 11.4. The lowest BCUT2D eigenvalue weighted by Gasteiger charge is -2.31. The largest absolute Gasteiger partial charge is 0.303 e. The average Bonchev–Trinajstić information content (AvgIpc) is 2.76. The van der Waals surface area contributed by atoms with Gasteiger partial charge in [0.1, 0.15) is 10.8 Å². The predicted molar refractivity (Wildman–Crippen MR) is 74.2 cm³/mol. The number of nitrogens with zero attached hydrogens (tertiary/aromatic N) is 3. The Bertz CT molecular complexity index is 549. The zero-order chi connectivity index (χ0) is 12.5. The molecular weight excluding hydrogens is 246 g/mol. The fourth-order valence-corrected chi connectivity index (χ4v) is 2.98. The maximum atomic E-state index is 6.15. The topological polar surface area (TPSA) is 20.5 Å². The van der Waals surface area contributed by atoms with Gasteiger partial charge in [-0.05, 0) is 38.6 Å². The van der Waals surface area contributed by atoms with Crippen molar-refractivity contribution in [2.24, 2.45) is 0 Å². The van der Waals surface area contributed by atoms with Crippen LogP contribution < -0.4 is 0 Å². The van der Waals surface area contributed by atoms with Crippen LogP contribution in [0, 0.1) is 0 Å². The summed E-state index contributed by atoms with van der Waals surface area (Å²) in [4.78, 5) is 7.11. The molecule has 0 aliphatic carbocycles. The number of hydrogen-bond acceptors (Lipinski definition) is 2. The van der Waals surface area contributed by atoms with Crippen LogP contribution in [0.1, 0.15) is 25.0 Å². The molecule has 1 aliphatic heterocycles. The highest BCUT2D eigenvalue weighted by molar-refractivity contribution is 6.29. The van der Waals surface area contributed by atoms with Gasteiger partial charge in [0, 0.05) is 18.7 Å². The van der Waals surface area contributed by atoms with E-state index in [9.17, 15) is 0 Å². The van der Waals surface area contributed by atoms with E-state index < -0.39 is 0 Å². The summed E-state index contributed by atoms with van der Waals surface area (Å²) < 4.78 is 1.96. The van der Waals surface area contributed by atoms with Gasteiger partial charge >= 0.3 is 0 Å². The van der Waals surface area contributed by atoms with Gasteiger partial charge in [-0.2, -0.15) is 0 Å². The average molecular weight is 264 g/mol. The fourth-order valence-electron chi connectivity index (χ4n) is 2.77. The lowest BCUT2D eigenvalue weighted by Crippen LogP contribution is -2.37. The number of pyridine rings is 1. The first-order valence-electron chi connectivity index (χ1n) is 6.57. The molecule has 2 aromatic rings. The SMILES string of the molecule is CN1CCCCC1Cc1cn2c(Cl)cccc2n1. The molecule has 3 nitrogen and oxygen atoms in total. The van der Waals surface area contributed by atoms with Crippen molar-refractivity contribution in [1.82, 2.24) is 14.3 Å². The number of likely N-dealkylation sites (N-methyl/N-ethyl adjacent to an activating group) is 1. The third-order valence-corrected chi connectivity index (χ3v) is 4.17. The number of rotatable bonds is 2. The molecule has 1 saturated heterocycles. The minimum atomic E-state index is 0.627. The molecule has 1 fully saturated rings. The van der Waals surface area contributed by atoms with E-state index in [2.05, 4.69) is 23.1 Å². The van der Waals surface area contributed by atoms with Crippen LogP contribution in [0.3, 0.4) is 0 Å². The van der Waals surface area contributed by atoms with Crippen molar-refractivity contribution in [3.63, 3.8) is 0 Å². The zero-order valence-electron chi connectivity index (χ0n) is 10.6. The second-order valence-electron chi connectivity index (χ2n) is 5.14. The van der Waals surface area contributed by atoms with Gasteiger partial charge in [-0.1, -0.05) is 24.1 Å². The Labute approximate surface area is 112 Å². The molecular formula is C14H18ClN3. The standard InChI is InChI=1S/C14H18ClN3/c1-17-8-3-2-5-12(17)9-11-10-18-13(15)6-4-7-14(18)16-11/h4,6-7,10,12H,2-3,5,8-9H2,1H3. The summed E-state index contributed by atoms with van der Waals surface area (Å²) in [6.45, 7) is 1.21. The molecule has 0 N–H and O–H groups in total. The highest BCUT2D eigenvalue weighted by atomic mass is 35.5. The molecule has 1 atom stereocenters. The Balaban J connectivity index is 1.84. The molecule has 1 aliphatic rings. The van der Waals surface area contributed by atoms with Crippen molar-refractivity contribution in [3.05, 3.63) is 35.2 Å². The Morgan fingerprint density at radius 1 is 1.39 bits per heavy atom. The van der Waals surface area contributed by atoms with Crippen molar-refractivity contribution in [3.8, 4) is 0 Å². The molecule has 0 amide bonds. The Morgan fingerprint density at radius 3 is 3.06 bits per heavy atom. The monoisotopic (exact) mass is 263 g/mol. The van der Waals surface area contributed by atoms with Crippen LogP contribution in [0.4, 0.5) is 0 Å². The second-order valence-corrected chi connectivity index (χ2v) is 5.53. The molecule has 3 heterocycles. The minimum Gasteiger partial charge on any atom is -0.303 e. The van der Waals surface area contributed by atoms with Crippen molar-refractivity contribution in [2.75, 3.05) is 13.6 Å². The van der Waals surface area contributed by atoms with E-state index in [4.69, 9.17) is 11.6 Å². The van der Waals surface area contributed by atoms with E-state index in [1.807, 2.05) is 22.6 Å². The Hall–Kier alpha value is -1.06. The van der Waals surface area contributed by atoms with Crippen LogP contribution in [-0.2, 0) is 6.42 Å². The summed E-state index contributed by atoms with van der Waals surface area (Å²) in [5.74, 6) is 0. The Kier molecular flexibility index (Phi) is 3.27. The quantitative estimate of drug-likeness (QED) is 0.777. The smallest absolute Gasteiger partial charge is 0.138 e. The molecule has 1 unspecified atom stereocenters. The van der Waals surface area contributed by atoms with Crippen LogP contribution in [0.2, 0.25) is 5.15 Å². The molecule has 0 spiro atoms. The Morgan fingerprint density at radius 2 is 2.28 bits per heavy atom. The van der Waals surface area contributed by atoms with Gasteiger partial charge in [0.2, 0.25) is 0 Å². The summed E-state index contributed by atoms with van der Waals surface area (Å²) in [5, 5.41) is 0.725. The number of halogens is 1. The van der Waals surface area contributed by atoms with E-state index >= 15 is 0 Å². The summed E-state index contributed by atoms with van der Waals surface area (Å²) in [6.07, 6.45) is 7.03. The van der Waals surface area contributed by atoms with Crippen molar-refractivity contribution >= 4 is 17.2 Å². The first-order valence-corrected chi connectivity index (χ1v) is 6.94. The van der Waals surface area contributed by atoms with E-state index in [0.717, 1.165) is 22.9 Å². The molecule has 4 heteroatoms. The fraction of sp³-hybridized carbons (Fsp3) is 0.500. The van der Waals surface area contributed by atoms with Gasteiger partial charge < -0.3 is 4.90 Å². The molecule has 2 aromatic heterocycles. The predicted octanol–water partition coefficient (Wildman–Crippen LogP) is 3.01. The second kappa shape index (κ2) is 4.90. The van der Waals surface area contributed by atoms with Crippen molar-refractivity contribution in [1.29, 1.82) is 0 Å². The van der Waals surface area contributed by atoms with Crippen LogP contribution in [0.5, 0.6) is 0 Å². The van der Waals surface area contributed by atoms with Gasteiger partial charge in [0.25, 0.3) is 0 Å². The van der Waals surface area contributed by atoms with Crippen LogP contribution in [0.15, 0.2) is 24.4 Å². The minimum absolute atomic E-state index is 0.627. The summed E-state index contributed by atoms with van der Waals surface area (Å²) in [5.41, 5.74) is 2.08. The van der Waals surface area contributed by atoms with Crippen LogP contribution in [0.25, 0.3) is 5.65 Å². The number of piperidine rings is 1. The maximum Gasteiger partial charge on any atom is 0.138 e. The van der Waals surface area contributed by atoms with Crippen LogP contribution >= 0.6 is 11.6 Å². The third-order valence-electron chi connectivity index (χ3n) is 3.86. The molecule has 0 aromatic carbocycles. The van der Waals surface area contributed by atoms with Gasteiger partial charge in [-0.15, -0.1) is 0 Å². The first kappa shape index (κ1) is 12.0. The van der Waals surface area contributed by atoms with Crippen molar-refractivity contribution < 1.29 is 0 Å².